The average Bonchev–Trinajstić information content (AvgIpc) is 2.62. The van der Waals surface area contributed by atoms with Gasteiger partial charge < -0.3 is 4.90 Å². The highest BCUT2D eigenvalue weighted by atomic mass is 32.2. The molecular weight excluding hydrogens is 222 g/mol. The smallest absolute Gasteiger partial charge is 0.244 e. The van der Waals surface area contributed by atoms with Crippen LogP contribution in [0.2, 0.25) is 0 Å². The summed E-state index contributed by atoms with van der Waals surface area (Å²) in [6.45, 7) is 0. The second-order valence-corrected chi connectivity index (χ2v) is 4.78. The maximum absolute atomic E-state index is 10.8. The average molecular weight is 233 g/mol. The number of thioether (sulfide) groups is 1. The molecule has 0 saturated heterocycles. The molecule has 0 unspecified atom stereocenters. The largest absolute Gasteiger partial charge is 0.353 e. The van der Waals surface area contributed by atoms with Crippen LogP contribution in [0.5, 0.6) is 0 Å². The first-order valence-corrected chi connectivity index (χ1v) is 5.56. The van der Waals surface area contributed by atoms with E-state index in [1.807, 2.05) is 19.0 Å². The van der Waals surface area contributed by atoms with Crippen LogP contribution in [0.4, 0.5) is 5.13 Å². The number of carbonyl (C=O) groups is 1. The Kier molecular flexibility index (Phi) is 4.11. The molecule has 0 aromatic carbocycles. The molecule has 0 aliphatic heterocycles. The molecule has 0 aliphatic carbocycles. The molecule has 0 saturated carbocycles. The van der Waals surface area contributed by atoms with E-state index in [0.29, 0.717) is 0 Å². The third kappa shape index (κ3) is 3.13. The molecule has 1 aromatic heterocycles. The molecule has 1 aromatic rings. The van der Waals surface area contributed by atoms with Gasteiger partial charge in [-0.3, -0.25) is 10.2 Å². The Balaban J connectivity index is 2.48. The summed E-state index contributed by atoms with van der Waals surface area (Å²) in [5, 5.41) is 8.66. The lowest BCUT2D eigenvalue weighted by Gasteiger charge is -2.03. The Hall–Kier alpha value is -0.860. The quantitative estimate of drug-likeness (QED) is 0.321. The van der Waals surface area contributed by atoms with E-state index in [1.54, 1.807) is 0 Å². The molecular formula is C6H11N5OS2. The molecule has 0 bridgehead atoms. The maximum atomic E-state index is 10.8. The van der Waals surface area contributed by atoms with Crippen LogP contribution in [-0.4, -0.2) is 36.0 Å². The van der Waals surface area contributed by atoms with Crippen molar-refractivity contribution >= 4 is 34.1 Å². The highest BCUT2D eigenvalue weighted by Crippen LogP contribution is 2.26. The summed E-state index contributed by atoms with van der Waals surface area (Å²) in [6.07, 6.45) is 0. The van der Waals surface area contributed by atoms with E-state index >= 15 is 0 Å². The van der Waals surface area contributed by atoms with Gasteiger partial charge >= 0.3 is 0 Å². The van der Waals surface area contributed by atoms with Crippen LogP contribution in [0.1, 0.15) is 0 Å². The number of rotatable bonds is 4. The minimum absolute atomic E-state index is 0.225. The summed E-state index contributed by atoms with van der Waals surface area (Å²) < 4.78 is 0.761. The van der Waals surface area contributed by atoms with Crippen molar-refractivity contribution in [1.82, 2.24) is 15.6 Å². The van der Waals surface area contributed by atoms with Gasteiger partial charge in [0.1, 0.15) is 0 Å². The van der Waals surface area contributed by atoms with Gasteiger partial charge in [0.05, 0.1) is 5.75 Å². The third-order valence-electron chi connectivity index (χ3n) is 1.27. The number of nitrogens with one attached hydrogen (secondary N) is 1. The molecule has 3 N–H and O–H groups in total. The van der Waals surface area contributed by atoms with Crippen molar-refractivity contribution in [3.8, 4) is 0 Å². The summed E-state index contributed by atoms with van der Waals surface area (Å²) >= 11 is 2.76. The van der Waals surface area contributed by atoms with E-state index in [0.717, 1.165) is 9.47 Å². The van der Waals surface area contributed by atoms with E-state index in [9.17, 15) is 4.79 Å². The first-order valence-electron chi connectivity index (χ1n) is 3.76. The second kappa shape index (κ2) is 5.13. The molecule has 1 amide bonds. The van der Waals surface area contributed by atoms with Gasteiger partial charge in [-0.1, -0.05) is 23.1 Å². The van der Waals surface area contributed by atoms with Gasteiger partial charge in [-0.2, -0.15) is 0 Å². The predicted octanol–water partition coefficient (Wildman–Crippen LogP) is -0.314. The highest BCUT2D eigenvalue weighted by Gasteiger charge is 2.07. The number of anilines is 1. The number of hydrazine groups is 1. The molecule has 0 radical (unpaired) electrons. The highest BCUT2D eigenvalue weighted by molar-refractivity contribution is 8.01. The number of nitrogens with zero attached hydrogens (tertiary/aromatic N) is 3. The molecule has 0 aliphatic rings. The Labute approximate surface area is 89.8 Å². The third-order valence-corrected chi connectivity index (χ3v) is 3.49. The van der Waals surface area contributed by atoms with Gasteiger partial charge in [0.15, 0.2) is 4.34 Å². The van der Waals surface area contributed by atoms with Gasteiger partial charge in [0.2, 0.25) is 11.0 Å². The van der Waals surface area contributed by atoms with Gasteiger partial charge in [0.25, 0.3) is 0 Å². The van der Waals surface area contributed by atoms with Crippen LogP contribution in [-0.2, 0) is 4.79 Å². The first kappa shape index (κ1) is 11.2. The summed E-state index contributed by atoms with van der Waals surface area (Å²) in [7, 11) is 3.78. The van der Waals surface area contributed by atoms with E-state index in [2.05, 4.69) is 15.6 Å². The van der Waals surface area contributed by atoms with Gasteiger partial charge in [-0.15, -0.1) is 10.2 Å². The van der Waals surface area contributed by atoms with Gasteiger partial charge in [-0.25, -0.2) is 5.84 Å². The predicted molar refractivity (Wildman–Crippen MR) is 57.3 cm³/mol. The summed E-state index contributed by atoms with van der Waals surface area (Å²) in [6, 6.07) is 0. The van der Waals surface area contributed by atoms with Crippen molar-refractivity contribution in [2.75, 3.05) is 24.7 Å². The SMILES string of the molecule is CN(C)c1nnc(SCC(=O)NN)s1. The lowest BCUT2D eigenvalue weighted by molar-refractivity contribution is -0.118. The normalized spacial score (nSPS) is 9.93. The molecule has 78 valence electrons. The maximum Gasteiger partial charge on any atom is 0.244 e. The molecule has 1 heterocycles. The monoisotopic (exact) mass is 233 g/mol. The number of amides is 1. The summed E-state index contributed by atoms with van der Waals surface area (Å²) in [5.74, 6) is 4.97. The van der Waals surface area contributed by atoms with Crippen molar-refractivity contribution in [1.29, 1.82) is 0 Å². The van der Waals surface area contributed by atoms with Crippen LogP contribution in [0, 0.1) is 0 Å². The molecule has 6 nitrogen and oxygen atoms in total. The second-order valence-electron chi connectivity index (χ2n) is 2.60. The minimum Gasteiger partial charge on any atom is -0.353 e. The first-order chi connectivity index (χ1) is 6.63. The van der Waals surface area contributed by atoms with Gasteiger partial charge in [0, 0.05) is 14.1 Å². The van der Waals surface area contributed by atoms with Crippen molar-refractivity contribution in [3.63, 3.8) is 0 Å². The lowest BCUT2D eigenvalue weighted by Crippen LogP contribution is -2.31. The van der Waals surface area contributed by atoms with Crippen LogP contribution in [0.3, 0.4) is 0 Å². The minimum atomic E-state index is -0.225. The molecule has 0 atom stereocenters. The van der Waals surface area contributed by atoms with Crippen molar-refractivity contribution in [2.45, 2.75) is 4.34 Å². The Morgan fingerprint density at radius 2 is 2.36 bits per heavy atom. The molecule has 14 heavy (non-hydrogen) atoms. The van der Waals surface area contributed by atoms with E-state index in [1.165, 1.54) is 23.1 Å². The van der Waals surface area contributed by atoms with E-state index < -0.39 is 0 Å². The van der Waals surface area contributed by atoms with Crippen LogP contribution >= 0.6 is 23.1 Å². The zero-order valence-corrected chi connectivity index (χ0v) is 9.48. The molecule has 1 rings (SSSR count). The number of nitrogens with two attached hydrogens (primary N) is 1. The fourth-order valence-electron chi connectivity index (χ4n) is 0.611. The van der Waals surface area contributed by atoms with Crippen molar-refractivity contribution < 1.29 is 4.79 Å². The number of hydrogen-bond donors (Lipinski definition) is 2. The molecule has 0 spiro atoms. The zero-order valence-electron chi connectivity index (χ0n) is 7.85. The fourth-order valence-corrected chi connectivity index (χ4v) is 2.19. The van der Waals surface area contributed by atoms with Crippen molar-refractivity contribution in [3.05, 3.63) is 0 Å². The Morgan fingerprint density at radius 3 is 2.86 bits per heavy atom. The molecule has 0 fully saturated rings. The van der Waals surface area contributed by atoms with Crippen LogP contribution < -0.4 is 16.2 Å². The van der Waals surface area contributed by atoms with Gasteiger partial charge in [-0.05, 0) is 0 Å². The summed E-state index contributed by atoms with van der Waals surface area (Å²) in [4.78, 5) is 12.7. The van der Waals surface area contributed by atoms with E-state index in [4.69, 9.17) is 5.84 Å². The Bertz CT molecular complexity index is 313. The lowest BCUT2D eigenvalue weighted by atomic mass is 10.8. The topological polar surface area (TPSA) is 84.1 Å². The zero-order chi connectivity index (χ0) is 10.6. The number of carbonyl (C=O) groups excluding carboxylic acids is 1. The number of aromatic nitrogens is 2. The Morgan fingerprint density at radius 1 is 1.64 bits per heavy atom. The molecule has 8 heteroatoms. The van der Waals surface area contributed by atoms with E-state index in [-0.39, 0.29) is 11.7 Å². The summed E-state index contributed by atoms with van der Waals surface area (Å²) in [5.41, 5.74) is 2.05. The van der Waals surface area contributed by atoms with Crippen molar-refractivity contribution in [2.24, 2.45) is 5.84 Å². The van der Waals surface area contributed by atoms with Crippen LogP contribution in [0.25, 0.3) is 0 Å². The standard InChI is InChI=1S/C6H11N5OS2/c1-11(2)5-9-10-6(14-5)13-3-4(12)8-7/h3,7H2,1-2H3,(H,8,12). The number of hydrogen-bond acceptors (Lipinski definition) is 7. The fraction of sp³-hybridized carbons (Fsp3) is 0.500. The van der Waals surface area contributed by atoms with Crippen LogP contribution in [0.15, 0.2) is 4.34 Å².